The average molecular weight is 310 g/mol. The molecule has 0 N–H and O–H groups in total. The second kappa shape index (κ2) is 5.93. The van der Waals surface area contributed by atoms with E-state index >= 15 is 0 Å². The van der Waals surface area contributed by atoms with Crippen molar-refractivity contribution < 1.29 is 4.57 Å². The van der Waals surface area contributed by atoms with Crippen molar-refractivity contribution in [2.75, 3.05) is 0 Å². The smallest absolute Gasteiger partial charge is 0.201 e. The number of hydrogen-bond acceptors (Lipinski definition) is 0. The summed E-state index contributed by atoms with van der Waals surface area (Å²) < 4.78 is 2.19. The average Bonchev–Trinajstić information content (AvgIpc) is 2.62. The van der Waals surface area contributed by atoms with Gasteiger partial charge in [0.25, 0.3) is 0 Å². The minimum absolute atomic E-state index is 1.23. The molecule has 1 heterocycles. The number of pyridine rings is 1. The number of fused-ring (bicyclic) bond motifs is 1. The molecule has 3 aromatic carbocycles. The van der Waals surface area contributed by atoms with Gasteiger partial charge in [-0.05, 0) is 46.5 Å². The van der Waals surface area contributed by atoms with Crippen molar-refractivity contribution >= 4 is 10.8 Å². The number of aryl methyl sites for hydroxylation is 2. The van der Waals surface area contributed by atoms with Gasteiger partial charge in [-0.3, -0.25) is 0 Å². The molecule has 0 saturated carbocycles. The quantitative estimate of drug-likeness (QED) is 0.442. The Morgan fingerprint density at radius 2 is 1.38 bits per heavy atom. The van der Waals surface area contributed by atoms with Crippen LogP contribution in [0.4, 0.5) is 0 Å². The zero-order valence-corrected chi connectivity index (χ0v) is 14.0. The third-order valence-electron chi connectivity index (χ3n) is 4.65. The van der Waals surface area contributed by atoms with Crippen LogP contribution in [0.25, 0.3) is 33.2 Å². The minimum Gasteiger partial charge on any atom is -0.201 e. The van der Waals surface area contributed by atoms with Crippen LogP contribution in [-0.4, -0.2) is 0 Å². The first-order valence-electron chi connectivity index (χ1n) is 8.27. The summed E-state index contributed by atoms with van der Waals surface area (Å²) in [4.78, 5) is 0. The van der Waals surface area contributed by atoms with Crippen LogP contribution in [-0.2, 0) is 7.05 Å². The topological polar surface area (TPSA) is 3.88 Å². The Bertz CT molecular complexity index is 1030. The van der Waals surface area contributed by atoms with Gasteiger partial charge >= 0.3 is 0 Å². The van der Waals surface area contributed by atoms with Gasteiger partial charge in [-0.15, -0.1) is 0 Å². The molecule has 0 aliphatic rings. The summed E-state index contributed by atoms with van der Waals surface area (Å²) in [5.74, 6) is 0. The lowest BCUT2D eigenvalue weighted by molar-refractivity contribution is -0.660. The second-order valence-electron chi connectivity index (χ2n) is 6.29. The number of rotatable bonds is 2. The SMILES string of the molecule is Cc1ccccc1-c1cc(-c2ccc3ccccc3c2)cc[n+]1C. The van der Waals surface area contributed by atoms with Crippen molar-refractivity contribution in [1.29, 1.82) is 0 Å². The third kappa shape index (κ3) is 2.59. The third-order valence-corrected chi connectivity index (χ3v) is 4.65. The Balaban J connectivity index is 1.87. The molecular formula is C23H20N+. The van der Waals surface area contributed by atoms with Gasteiger partial charge in [0.05, 0.1) is 0 Å². The molecule has 4 aromatic rings. The molecule has 4 rings (SSSR count). The summed E-state index contributed by atoms with van der Waals surface area (Å²) in [6.07, 6.45) is 2.15. The second-order valence-corrected chi connectivity index (χ2v) is 6.29. The van der Waals surface area contributed by atoms with Gasteiger partial charge in [-0.1, -0.05) is 54.6 Å². The van der Waals surface area contributed by atoms with Crippen LogP contribution in [0.15, 0.2) is 85.1 Å². The van der Waals surface area contributed by atoms with Crippen LogP contribution in [0.2, 0.25) is 0 Å². The van der Waals surface area contributed by atoms with Crippen molar-refractivity contribution in [2.45, 2.75) is 6.92 Å². The van der Waals surface area contributed by atoms with Crippen molar-refractivity contribution in [2.24, 2.45) is 7.05 Å². The van der Waals surface area contributed by atoms with E-state index in [9.17, 15) is 0 Å². The number of benzene rings is 3. The predicted octanol–water partition coefficient (Wildman–Crippen LogP) is 5.31. The normalized spacial score (nSPS) is 10.9. The fourth-order valence-corrected chi connectivity index (χ4v) is 3.25. The molecule has 0 aliphatic heterocycles. The standard InChI is InChI=1S/C23H20N/c1-17-7-3-6-10-22(17)23-16-21(13-14-24(23)2)20-12-11-18-8-4-5-9-19(18)15-20/h3-16H,1-2H3/q+1. The maximum Gasteiger partial charge on any atom is 0.213 e. The molecule has 1 heteroatoms. The lowest BCUT2D eigenvalue weighted by atomic mass is 9.98. The van der Waals surface area contributed by atoms with Crippen molar-refractivity contribution in [3.05, 3.63) is 90.6 Å². The molecule has 1 aromatic heterocycles. The van der Waals surface area contributed by atoms with Gasteiger partial charge in [-0.2, -0.15) is 0 Å². The maximum absolute atomic E-state index is 2.28. The highest BCUT2D eigenvalue weighted by atomic mass is 14.9. The lowest BCUT2D eigenvalue weighted by Gasteiger charge is -2.08. The van der Waals surface area contributed by atoms with Crippen molar-refractivity contribution in [1.82, 2.24) is 0 Å². The van der Waals surface area contributed by atoms with E-state index in [2.05, 4.69) is 104 Å². The van der Waals surface area contributed by atoms with E-state index in [1.807, 2.05) is 0 Å². The van der Waals surface area contributed by atoms with Crippen LogP contribution >= 0.6 is 0 Å². The Morgan fingerprint density at radius 1 is 0.667 bits per heavy atom. The lowest BCUT2D eigenvalue weighted by Crippen LogP contribution is -2.30. The number of aromatic nitrogens is 1. The Labute approximate surface area is 142 Å². The van der Waals surface area contributed by atoms with Crippen LogP contribution < -0.4 is 4.57 Å². The largest absolute Gasteiger partial charge is 0.213 e. The molecule has 0 atom stereocenters. The van der Waals surface area contributed by atoms with E-state index in [0.29, 0.717) is 0 Å². The first-order chi connectivity index (χ1) is 11.7. The maximum atomic E-state index is 2.28. The van der Waals surface area contributed by atoms with Gasteiger partial charge in [-0.25, -0.2) is 4.57 Å². The molecule has 0 unspecified atom stereocenters. The highest BCUT2D eigenvalue weighted by Gasteiger charge is 2.13. The summed E-state index contributed by atoms with van der Waals surface area (Å²) in [5, 5.41) is 2.56. The van der Waals surface area contributed by atoms with Crippen molar-refractivity contribution in [3.63, 3.8) is 0 Å². The fraction of sp³-hybridized carbons (Fsp3) is 0.0870. The highest BCUT2D eigenvalue weighted by Crippen LogP contribution is 2.27. The summed E-state index contributed by atoms with van der Waals surface area (Å²) in [6.45, 7) is 2.16. The van der Waals surface area contributed by atoms with Gasteiger partial charge in [0.2, 0.25) is 5.69 Å². The first kappa shape index (κ1) is 14.6. The van der Waals surface area contributed by atoms with Gasteiger partial charge in [0.1, 0.15) is 7.05 Å². The van der Waals surface area contributed by atoms with E-state index in [1.54, 1.807) is 0 Å². The van der Waals surface area contributed by atoms with Gasteiger partial charge < -0.3 is 0 Å². The molecule has 0 bridgehead atoms. The first-order valence-corrected chi connectivity index (χ1v) is 8.27. The monoisotopic (exact) mass is 310 g/mol. The predicted molar refractivity (Wildman–Crippen MR) is 101 cm³/mol. The van der Waals surface area contributed by atoms with E-state index in [-0.39, 0.29) is 0 Å². The molecule has 116 valence electrons. The van der Waals surface area contributed by atoms with E-state index in [4.69, 9.17) is 0 Å². The van der Waals surface area contributed by atoms with E-state index in [1.165, 1.54) is 38.7 Å². The molecule has 0 radical (unpaired) electrons. The molecule has 0 amide bonds. The molecule has 0 aliphatic carbocycles. The van der Waals surface area contributed by atoms with Crippen molar-refractivity contribution in [3.8, 4) is 22.4 Å². The summed E-state index contributed by atoms with van der Waals surface area (Å²) in [7, 11) is 2.10. The summed E-state index contributed by atoms with van der Waals surface area (Å²) in [6, 6.07) is 28.2. The van der Waals surface area contributed by atoms with Gasteiger partial charge in [0, 0.05) is 17.7 Å². The Hall–Kier alpha value is -2.93. The Morgan fingerprint density at radius 3 is 2.21 bits per heavy atom. The molecule has 0 saturated heterocycles. The molecule has 24 heavy (non-hydrogen) atoms. The van der Waals surface area contributed by atoms with Crippen LogP contribution in [0.1, 0.15) is 5.56 Å². The van der Waals surface area contributed by atoms with Crippen LogP contribution in [0, 0.1) is 6.92 Å². The van der Waals surface area contributed by atoms with Gasteiger partial charge in [0.15, 0.2) is 6.20 Å². The highest BCUT2D eigenvalue weighted by molar-refractivity contribution is 5.87. The molecule has 0 spiro atoms. The van der Waals surface area contributed by atoms with Crippen LogP contribution in [0.5, 0.6) is 0 Å². The number of nitrogens with zero attached hydrogens (tertiary/aromatic N) is 1. The van der Waals surface area contributed by atoms with E-state index < -0.39 is 0 Å². The van der Waals surface area contributed by atoms with E-state index in [0.717, 1.165) is 0 Å². The zero-order valence-electron chi connectivity index (χ0n) is 14.0. The zero-order chi connectivity index (χ0) is 16.5. The fourth-order valence-electron chi connectivity index (χ4n) is 3.25. The minimum atomic E-state index is 1.23. The van der Waals surface area contributed by atoms with Crippen LogP contribution in [0.3, 0.4) is 0 Å². The molecule has 0 fully saturated rings. The molecular weight excluding hydrogens is 290 g/mol. The summed E-state index contributed by atoms with van der Waals surface area (Å²) >= 11 is 0. The Kier molecular flexibility index (Phi) is 3.62. The summed E-state index contributed by atoms with van der Waals surface area (Å²) in [5.41, 5.74) is 6.31. The molecule has 1 nitrogen and oxygen atoms in total. The number of hydrogen-bond donors (Lipinski definition) is 0.